The number of hydrogen-bond acceptors (Lipinski definition) is 6. The third-order valence-electron chi connectivity index (χ3n) is 4.25. The van der Waals surface area contributed by atoms with Crippen LogP contribution in [0.15, 0.2) is 0 Å². The summed E-state index contributed by atoms with van der Waals surface area (Å²) in [6.07, 6.45) is 3.08. The second-order valence-corrected chi connectivity index (χ2v) is 5.43. The molecule has 2 aliphatic rings. The summed E-state index contributed by atoms with van der Waals surface area (Å²) in [7, 11) is 1.89. The van der Waals surface area contributed by atoms with E-state index in [1.54, 1.807) is 4.68 Å². The molecule has 2 saturated heterocycles. The molecule has 7 heteroatoms. The van der Waals surface area contributed by atoms with Gasteiger partial charge in [0.25, 0.3) is 0 Å². The average Bonchev–Trinajstić information content (AvgIpc) is 3.01. The third kappa shape index (κ3) is 2.28. The van der Waals surface area contributed by atoms with E-state index in [0.29, 0.717) is 18.4 Å². The topological polar surface area (TPSA) is 73.9 Å². The van der Waals surface area contributed by atoms with E-state index in [0.717, 1.165) is 32.1 Å². The number of likely N-dealkylation sites (tertiary alicyclic amines) is 1. The maximum absolute atomic E-state index is 8.71. The molecule has 0 spiro atoms. The van der Waals surface area contributed by atoms with Crippen LogP contribution in [-0.2, 0) is 7.05 Å². The molecular formula is C12H19N7. The van der Waals surface area contributed by atoms with Gasteiger partial charge in [0.05, 0.1) is 6.07 Å². The minimum Gasteiger partial charge on any atom is -0.335 e. The van der Waals surface area contributed by atoms with Crippen LogP contribution in [0, 0.1) is 17.2 Å². The Labute approximate surface area is 112 Å². The first-order chi connectivity index (χ1) is 9.29. The minimum absolute atomic E-state index is 0.497. The Hall–Kier alpha value is -1.68. The van der Waals surface area contributed by atoms with Crippen molar-refractivity contribution in [1.82, 2.24) is 25.1 Å². The number of nitrogens with zero attached hydrogens (tertiary/aromatic N) is 7. The van der Waals surface area contributed by atoms with Crippen molar-refractivity contribution in [2.45, 2.75) is 25.3 Å². The van der Waals surface area contributed by atoms with Crippen molar-refractivity contribution in [1.29, 1.82) is 5.26 Å². The van der Waals surface area contributed by atoms with Crippen molar-refractivity contribution in [3.05, 3.63) is 0 Å². The lowest BCUT2D eigenvalue weighted by atomic mass is 9.92. The molecule has 0 aliphatic carbocycles. The predicted octanol–water partition coefficient (Wildman–Crippen LogP) is 0.0244. The molecule has 0 bridgehead atoms. The Morgan fingerprint density at radius 2 is 2.32 bits per heavy atom. The number of nitriles is 1. The summed E-state index contributed by atoms with van der Waals surface area (Å²) in [4.78, 5) is 4.75. The first-order valence-electron chi connectivity index (χ1n) is 6.88. The van der Waals surface area contributed by atoms with E-state index in [1.165, 1.54) is 12.8 Å². The first kappa shape index (κ1) is 12.4. The summed E-state index contributed by atoms with van der Waals surface area (Å²) in [5.74, 6) is 1.56. The Bertz CT molecular complexity index is 477. The van der Waals surface area contributed by atoms with Gasteiger partial charge in [-0.3, -0.25) is 4.90 Å². The molecule has 0 amide bonds. The van der Waals surface area contributed by atoms with Gasteiger partial charge in [-0.15, -0.1) is 0 Å². The van der Waals surface area contributed by atoms with Crippen LogP contribution in [0.2, 0.25) is 0 Å². The van der Waals surface area contributed by atoms with Gasteiger partial charge in [0.15, 0.2) is 0 Å². The molecule has 0 radical (unpaired) electrons. The Morgan fingerprint density at radius 1 is 1.42 bits per heavy atom. The van der Waals surface area contributed by atoms with Crippen LogP contribution in [0.4, 0.5) is 5.95 Å². The number of fused-ring (bicyclic) bond motifs is 1. The van der Waals surface area contributed by atoms with E-state index in [-0.39, 0.29) is 0 Å². The summed E-state index contributed by atoms with van der Waals surface area (Å²) in [5, 5.41) is 20.5. The van der Waals surface area contributed by atoms with Crippen molar-refractivity contribution in [3.8, 4) is 6.07 Å². The zero-order valence-corrected chi connectivity index (χ0v) is 11.2. The molecule has 0 saturated carbocycles. The van der Waals surface area contributed by atoms with Crippen LogP contribution < -0.4 is 4.90 Å². The molecule has 2 unspecified atom stereocenters. The third-order valence-corrected chi connectivity index (χ3v) is 4.25. The van der Waals surface area contributed by atoms with Crippen molar-refractivity contribution >= 4 is 5.95 Å². The van der Waals surface area contributed by atoms with Gasteiger partial charge in [-0.25, -0.2) is 4.68 Å². The van der Waals surface area contributed by atoms with Crippen LogP contribution in [0.1, 0.15) is 19.3 Å². The number of aryl methyl sites for hydroxylation is 1. The molecule has 102 valence electrons. The summed E-state index contributed by atoms with van der Waals surface area (Å²) in [5.41, 5.74) is 0. The molecule has 2 fully saturated rings. The number of anilines is 1. The second kappa shape index (κ2) is 5.13. The fraction of sp³-hybridized carbons (Fsp3) is 0.833. The van der Waals surface area contributed by atoms with Gasteiger partial charge in [0.2, 0.25) is 5.95 Å². The highest BCUT2D eigenvalue weighted by Gasteiger charge is 2.40. The van der Waals surface area contributed by atoms with Crippen LogP contribution in [-0.4, -0.2) is 57.3 Å². The minimum atomic E-state index is 0.497. The van der Waals surface area contributed by atoms with Crippen LogP contribution in [0.3, 0.4) is 0 Å². The largest absolute Gasteiger partial charge is 0.335 e. The lowest BCUT2D eigenvalue weighted by Crippen LogP contribution is -2.46. The Morgan fingerprint density at radius 3 is 3.05 bits per heavy atom. The fourth-order valence-corrected chi connectivity index (χ4v) is 3.37. The van der Waals surface area contributed by atoms with Gasteiger partial charge in [-0.2, -0.15) is 5.26 Å². The highest BCUT2D eigenvalue weighted by Crippen LogP contribution is 2.32. The maximum Gasteiger partial charge on any atom is 0.245 e. The molecule has 1 aromatic rings. The van der Waals surface area contributed by atoms with Gasteiger partial charge in [0, 0.05) is 45.7 Å². The van der Waals surface area contributed by atoms with E-state index in [1.807, 2.05) is 7.05 Å². The predicted molar refractivity (Wildman–Crippen MR) is 69.3 cm³/mol. The Balaban J connectivity index is 1.74. The van der Waals surface area contributed by atoms with Gasteiger partial charge < -0.3 is 4.90 Å². The quantitative estimate of drug-likeness (QED) is 0.764. The van der Waals surface area contributed by atoms with E-state index >= 15 is 0 Å². The molecular weight excluding hydrogens is 242 g/mol. The normalized spacial score (nSPS) is 27.3. The monoisotopic (exact) mass is 261 g/mol. The van der Waals surface area contributed by atoms with Crippen molar-refractivity contribution in [3.63, 3.8) is 0 Å². The fourth-order valence-electron chi connectivity index (χ4n) is 3.37. The van der Waals surface area contributed by atoms with Gasteiger partial charge in [-0.1, -0.05) is 5.10 Å². The number of hydrogen-bond donors (Lipinski definition) is 0. The highest BCUT2D eigenvalue weighted by atomic mass is 15.6. The van der Waals surface area contributed by atoms with Gasteiger partial charge >= 0.3 is 0 Å². The average molecular weight is 261 g/mol. The number of piperidine rings is 1. The summed E-state index contributed by atoms with van der Waals surface area (Å²) >= 11 is 0. The van der Waals surface area contributed by atoms with Crippen molar-refractivity contribution in [2.24, 2.45) is 13.0 Å². The van der Waals surface area contributed by atoms with Gasteiger partial charge in [-0.05, 0) is 29.2 Å². The van der Waals surface area contributed by atoms with E-state index < -0.39 is 0 Å². The van der Waals surface area contributed by atoms with Crippen LogP contribution in [0.5, 0.6) is 0 Å². The van der Waals surface area contributed by atoms with Crippen LogP contribution in [0.25, 0.3) is 0 Å². The molecule has 2 aliphatic heterocycles. The zero-order valence-electron chi connectivity index (χ0n) is 11.2. The lowest BCUT2D eigenvalue weighted by molar-refractivity contribution is 0.327. The summed E-state index contributed by atoms with van der Waals surface area (Å²) in [6.45, 7) is 4.04. The smallest absolute Gasteiger partial charge is 0.245 e. The number of aromatic nitrogens is 4. The first-order valence-corrected chi connectivity index (χ1v) is 6.88. The molecule has 2 atom stereocenters. The molecule has 1 aromatic heterocycles. The van der Waals surface area contributed by atoms with E-state index in [2.05, 4.69) is 31.4 Å². The summed E-state index contributed by atoms with van der Waals surface area (Å²) in [6, 6.07) is 2.73. The highest BCUT2D eigenvalue weighted by molar-refractivity contribution is 5.32. The molecule has 3 heterocycles. The van der Waals surface area contributed by atoms with Crippen molar-refractivity contribution < 1.29 is 0 Å². The standard InChI is InChI=1S/C12H19N7/c1-17-12(14-15-16-17)19-7-2-4-10-8-18(6-3-5-13)9-11(10)19/h10-11H,2-4,6-9H2,1H3. The van der Waals surface area contributed by atoms with E-state index in [9.17, 15) is 0 Å². The number of tetrazole rings is 1. The van der Waals surface area contributed by atoms with Crippen LogP contribution >= 0.6 is 0 Å². The number of rotatable bonds is 3. The Kier molecular flexibility index (Phi) is 3.34. The lowest BCUT2D eigenvalue weighted by Gasteiger charge is -2.36. The molecule has 0 N–H and O–H groups in total. The molecule has 0 aromatic carbocycles. The van der Waals surface area contributed by atoms with Crippen molar-refractivity contribution in [2.75, 3.05) is 31.1 Å². The van der Waals surface area contributed by atoms with Gasteiger partial charge in [0.1, 0.15) is 0 Å². The SMILES string of the molecule is Cn1nnnc1N1CCCC2CN(CCC#N)CC21. The van der Waals surface area contributed by atoms with E-state index in [4.69, 9.17) is 5.26 Å². The molecule has 19 heavy (non-hydrogen) atoms. The second-order valence-electron chi connectivity index (χ2n) is 5.43. The summed E-state index contributed by atoms with van der Waals surface area (Å²) < 4.78 is 1.75. The molecule has 7 nitrogen and oxygen atoms in total. The maximum atomic E-state index is 8.71. The molecule has 3 rings (SSSR count). The zero-order chi connectivity index (χ0) is 13.2.